The first-order chi connectivity index (χ1) is 5.15. The maximum absolute atomic E-state index is 10.7. The fraction of sp³-hybridized carbons (Fsp3) is 0.857. The van der Waals surface area contributed by atoms with Crippen molar-refractivity contribution in [3.63, 3.8) is 0 Å². The highest BCUT2D eigenvalue weighted by molar-refractivity contribution is 5.77. The van der Waals surface area contributed by atoms with Gasteiger partial charge in [-0.1, -0.05) is 0 Å². The minimum absolute atomic E-state index is 0.0286. The predicted octanol–water partition coefficient (Wildman–Crippen LogP) is -1.15. The van der Waals surface area contributed by atoms with Crippen molar-refractivity contribution in [2.75, 3.05) is 6.61 Å². The molecule has 0 heterocycles. The molecule has 0 unspecified atom stereocenters. The molecular formula is C7H13NO3. The van der Waals surface area contributed by atoms with Gasteiger partial charge in [0.1, 0.15) is 0 Å². The number of carbonyl (C=O) groups excluding carboxylic acids is 1. The van der Waals surface area contributed by atoms with Crippen LogP contribution in [0.2, 0.25) is 0 Å². The van der Waals surface area contributed by atoms with Crippen LogP contribution in [0.15, 0.2) is 0 Å². The van der Waals surface area contributed by atoms with Gasteiger partial charge in [0.2, 0.25) is 5.91 Å². The Bertz CT molecular complexity index is 160. The lowest BCUT2D eigenvalue weighted by molar-refractivity contribution is -0.124. The number of aliphatic hydroxyl groups excluding tert-OH is 2. The van der Waals surface area contributed by atoms with E-state index in [0.29, 0.717) is 12.8 Å². The topological polar surface area (TPSA) is 83.6 Å². The number of hydrogen-bond donors (Lipinski definition) is 3. The van der Waals surface area contributed by atoms with E-state index in [-0.39, 0.29) is 12.5 Å². The lowest BCUT2D eigenvalue weighted by Crippen LogP contribution is -2.29. The van der Waals surface area contributed by atoms with E-state index in [1.165, 1.54) is 0 Å². The van der Waals surface area contributed by atoms with Crippen molar-refractivity contribution in [2.24, 2.45) is 17.6 Å². The van der Waals surface area contributed by atoms with E-state index in [2.05, 4.69) is 0 Å². The molecule has 1 saturated carbocycles. The van der Waals surface area contributed by atoms with Gasteiger partial charge in [0.15, 0.2) is 0 Å². The maximum atomic E-state index is 10.7. The standard InChI is InChI=1S/C7H13NO3/c8-7(11)5-1-4(3-9)2-6(5)10/h4-6,9-10H,1-3H2,(H2,8,11)/t4-,5+,6+/m0/s1. The highest BCUT2D eigenvalue weighted by Crippen LogP contribution is 2.30. The fourth-order valence-corrected chi connectivity index (χ4v) is 1.57. The van der Waals surface area contributed by atoms with Crippen LogP contribution in [-0.2, 0) is 4.79 Å². The van der Waals surface area contributed by atoms with Gasteiger partial charge in [-0.05, 0) is 18.8 Å². The predicted molar refractivity (Wildman–Crippen MR) is 38.5 cm³/mol. The Kier molecular flexibility index (Phi) is 2.46. The van der Waals surface area contributed by atoms with Crippen molar-refractivity contribution in [3.05, 3.63) is 0 Å². The Hall–Kier alpha value is -0.610. The second kappa shape index (κ2) is 3.19. The Balaban J connectivity index is 2.51. The summed E-state index contributed by atoms with van der Waals surface area (Å²) in [6, 6.07) is 0. The van der Waals surface area contributed by atoms with E-state index < -0.39 is 17.9 Å². The zero-order chi connectivity index (χ0) is 8.43. The van der Waals surface area contributed by atoms with Crippen LogP contribution in [-0.4, -0.2) is 28.8 Å². The molecule has 1 amide bonds. The van der Waals surface area contributed by atoms with E-state index >= 15 is 0 Å². The van der Waals surface area contributed by atoms with Crippen molar-refractivity contribution < 1.29 is 15.0 Å². The van der Waals surface area contributed by atoms with Gasteiger partial charge in [0.05, 0.1) is 12.0 Å². The summed E-state index contributed by atoms with van der Waals surface area (Å²) in [5.41, 5.74) is 5.02. The molecule has 0 radical (unpaired) electrons. The molecule has 4 nitrogen and oxygen atoms in total. The number of rotatable bonds is 2. The first-order valence-electron chi connectivity index (χ1n) is 3.73. The van der Waals surface area contributed by atoms with Crippen molar-refractivity contribution in [2.45, 2.75) is 18.9 Å². The van der Waals surface area contributed by atoms with Gasteiger partial charge in [0, 0.05) is 6.61 Å². The zero-order valence-corrected chi connectivity index (χ0v) is 6.23. The quantitative estimate of drug-likeness (QED) is 0.475. The summed E-state index contributed by atoms with van der Waals surface area (Å²) < 4.78 is 0. The molecular weight excluding hydrogens is 146 g/mol. The molecule has 0 saturated heterocycles. The third kappa shape index (κ3) is 1.70. The van der Waals surface area contributed by atoms with Crippen LogP contribution in [0.4, 0.5) is 0 Å². The highest BCUT2D eigenvalue weighted by Gasteiger charge is 2.35. The molecule has 1 aliphatic rings. The van der Waals surface area contributed by atoms with Crippen molar-refractivity contribution in [1.29, 1.82) is 0 Å². The SMILES string of the molecule is NC(=O)[C@@H]1C[C@H](CO)C[C@H]1O. The maximum Gasteiger partial charge on any atom is 0.223 e. The Morgan fingerprint density at radius 1 is 1.55 bits per heavy atom. The van der Waals surface area contributed by atoms with Crippen LogP contribution in [0.25, 0.3) is 0 Å². The summed E-state index contributed by atoms with van der Waals surface area (Å²) in [6.45, 7) is 0.0286. The van der Waals surface area contributed by atoms with E-state index in [1.807, 2.05) is 0 Å². The molecule has 0 aromatic heterocycles. The van der Waals surface area contributed by atoms with Crippen molar-refractivity contribution in [1.82, 2.24) is 0 Å². The largest absolute Gasteiger partial charge is 0.396 e. The molecule has 0 aromatic rings. The lowest BCUT2D eigenvalue weighted by Gasteiger charge is -2.07. The zero-order valence-electron chi connectivity index (χ0n) is 6.23. The minimum atomic E-state index is -0.648. The third-order valence-electron chi connectivity index (χ3n) is 2.25. The second-order valence-corrected chi connectivity index (χ2v) is 3.10. The number of primary amides is 1. The van der Waals surface area contributed by atoms with Crippen LogP contribution in [0.1, 0.15) is 12.8 Å². The Labute approximate surface area is 65.0 Å². The lowest BCUT2D eigenvalue weighted by atomic mass is 10.0. The van der Waals surface area contributed by atoms with Gasteiger partial charge < -0.3 is 15.9 Å². The molecule has 1 rings (SSSR count). The number of amides is 1. The normalized spacial score (nSPS) is 37.5. The molecule has 3 atom stereocenters. The number of aliphatic hydroxyl groups is 2. The summed E-state index contributed by atoms with van der Waals surface area (Å²) >= 11 is 0. The second-order valence-electron chi connectivity index (χ2n) is 3.10. The summed E-state index contributed by atoms with van der Waals surface area (Å²) in [5, 5.41) is 18.0. The van der Waals surface area contributed by atoms with Gasteiger partial charge in [0.25, 0.3) is 0 Å². The molecule has 64 valence electrons. The number of carbonyl (C=O) groups is 1. The summed E-state index contributed by atoms with van der Waals surface area (Å²) in [6.07, 6.45) is 0.363. The van der Waals surface area contributed by atoms with Crippen LogP contribution in [0, 0.1) is 11.8 Å². The van der Waals surface area contributed by atoms with E-state index in [1.54, 1.807) is 0 Å². The monoisotopic (exact) mass is 159 g/mol. The smallest absolute Gasteiger partial charge is 0.223 e. The molecule has 4 N–H and O–H groups in total. The molecule has 0 aliphatic heterocycles. The van der Waals surface area contributed by atoms with Crippen molar-refractivity contribution in [3.8, 4) is 0 Å². The van der Waals surface area contributed by atoms with E-state index in [9.17, 15) is 9.90 Å². The van der Waals surface area contributed by atoms with Gasteiger partial charge >= 0.3 is 0 Å². The minimum Gasteiger partial charge on any atom is -0.396 e. The average Bonchev–Trinajstić information content (AvgIpc) is 2.30. The fourth-order valence-electron chi connectivity index (χ4n) is 1.57. The Morgan fingerprint density at radius 2 is 2.18 bits per heavy atom. The van der Waals surface area contributed by atoms with Gasteiger partial charge in [-0.2, -0.15) is 0 Å². The van der Waals surface area contributed by atoms with Gasteiger partial charge in [-0.25, -0.2) is 0 Å². The van der Waals surface area contributed by atoms with Crippen LogP contribution in [0.3, 0.4) is 0 Å². The van der Waals surface area contributed by atoms with Crippen LogP contribution < -0.4 is 5.73 Å². The molecule has 4 heteroatoms. The summed E-state index contributed by atoms with van der Waals surface area (Å²) in [7, 11) is 0. The van der Waals surface area contributed by atoms with E-state index in [0.717, 1.165) is 0 Å². The number of hydrogen-bond acceptors (Lipinski definition) is 3. The third-order valence-corrected chi connectivity index (χ3v) is 2.25. The first kappa shape index (κ1) is 8.49. The van der Waals surface area contributed by atoms with Crippen LogP contribution in [0.5, 0.6) is 0 Å². The average molecular weight is 159 g/mol. The summed E-state index contributed by atoms with van der Waals surface area (Å²) in [4.78, 5) is 10.7. The van der Waals surface area contributed by atoms with E-state index in [4.69, 9.17) is 10.8 Å². The first-order valence-corrected chi connectivity index (χ1v) is 3.73. The number of nitrogens with two attached hydrogens (primary N) is 1. The van der Waals surface area contributed by atoms with Gasteiger partial charge in [-0.15, -0.1) is 0 Å². The molecule has 1 aliphatic carbocycles. The molecule has 0 aromatic carbocycles. The highest BCUT2D eigenvalue weighted by atomic mass is 16.3. The summed E-state index contributed by atoms with van der Waals surface area (Å²) in [5.74, 6) is -0.872. The molecule has 0 bridgehead atoms. The molecule has 1 fully saturated rings. The molecule has 11 heavy (non-hydrogen) atoms. The van der Waals surface area contributed by atoms with Crippen molar-refractivity contribution >= 4 is 5.91 Å². The van der Waals surface area contributed by atoms with Gasteiger partial charge in [-0.3, -0.25) is 4.79 Å². The Morgan fingerprint density at radius 3 is 2.45 bits per heavy atom. The van der Waals surface area contributed by atoms with Crippen LogP contribution >= 0.6 is 0 Å². The molecule has 0 spiro atoms.